The highest BCUT2D eigenvalue weighted by atomic mass is 16.5. The average Bonchev–Trinajstić information content (AvgIpc) is 2.88. The van der Waals surface area contributed by atoms with Gasteiger partial charge in [-0.05, 0) is 61.4 Å². The minimum atomic E-state index is -0.565. The Balaban J connectivity index is 1.68. The Morgan fingerprint density at radius 2 is 1.63 bits per heavy atom. The quantitative estimate of drug-likeness (QED) is 0.550. The number of nitrogens with zero attached hydrogens (tertiary/aromatic N) is 2. The van der Waals surface area contributed by atoms with Gasteiger partial charge >= 0.3 is 0 Å². The molecule has 0 saturated heterocycles. The Hall–Kier alpha value is -4.13. The van der Waals surface area contributed by atoms with Crippen LogP contribution in [0.5, 0.6) is 5.75 Å². The number of amides is 3. The van der Waals surface area contributed by atoms with E-state index >= 15 is 0 Å². The predicted octanol–water partition coefficient (Wildman–Crippen LogP) is 4.47. The van der Waals surface area contributed by atoms with Crippen molar-refractivity contribution >= 4 is 29.1 Å². The molecule has 4 rings (SSSR count). The van der Waals surface area contributed by atoms with Gasteiger partial charge in [0.25, 0.3) is 11.8 Å². The summed E-state index contributed by atoms with van der Waals surface area (Å²) >= 11 is 0. The number of nitrogens with two attached hydrogens (primary N) is 1. The summed E-state index contributed by atoms with van der Waals surface area (Å²) in [7, 11) is 0. The van der Waals surface area contributed by atoms with Gasteiger partial charge in [-0.2, -0.15) is 0 Å². The maximum absolute atomic E-state index is 13.6. The topological polar surface area (TPSA) is 92.9 Å². The highest BCUT2D eigenvalue weighted by Crippen LogP contribution is 2.43. The molecule has 3 aromatic carbocycles. The van der Waals surface area contributed by atoms with Crippen molar-refractivity contribution in [2.24, 2.45) is 5.73 Å². The molecule has 1 heterocycles. The molecule has 180 valence electrons. The highest BCUT2D eigenvalue weighted by molar-refractivity contribution is 6.07. The molecular weight excluding hydrogens is 442 g/mol. The number of fused-ring (bicyclic) bond motifs is 1. The van der Waals surface area contributed by atoms with Crippen LogP contribution in [0.15, 0.2) is 78.9 Å². The fourth-order valence-electron chi connectivity index (χ4n) is 4.58. The lowest BCUT2D eigenvalue weighted by atomic mass is 9.89. The van der Waals surface area contributed by atoms with Gasteiger partial charge in [0.2, 0.25) is 5.91 Å². The molecule has 0 radical (unpaired) electrons. The van der Waals surface area contributed by atoms with E-state index in [2.05, 4.69) is 0 Å². The lowest BCUT2D eigenvalue weighted by molar-refractivity contribution is -0.120. The number of carbonyl (C=O) groups excluding carboxylic acids is 3. The molecule has 1 aliphatic rings. The van der Waals surface area contributed by atoms with E-state index in [4.69, 9.17) is 10.5 Å². The van der Waals surface area contributed by atoms with E-state index in [-0.39, 0.29) is 30.5 Å². The Kier molecular flexibility index (Phi) is 7.15. The van der Waals surface area contributed by atoms with Gasteiger partial charge in [-0.1, -0.05) is 43.3 Å². The predicted molar refractivity (Wildman–Crippen MR) is 135 cm³/mol. The second kappa shape index (κ2) is 10.4. The molecule has 2 unspecified atom stereocenters. The summed E-state index contributed by atoms with van der Waals surface area (Å²) in [5.74, 6) is -0.207. The third kappa shape index (κ3) is 5.04. The minimum absolute atomic E-state index is 0.0366. The minimum Gasteiger partial charge on any atom is -0.484 e. The fourth-order valence-corrected chi connectivity index (χ4v) is 4.58. The van der Waals surface area contributed by atoms with Gasteiger partial charge in [0.05, 0.1) is 6.04 Å². The smallest absolute Gasteiger partial charge is 0.258 e. The summed E-state index contributed by atoms with van der Waals surface area (Å²) in [6, 6.07) is 23.8. The third-order valence-corrected chi connectivity index (χ3v) is 6.18. The van der Waals surface area contributed by atoms with Crippen LogP contribution in [0.2, 0.25) is 0 Å². The normalized spacial score (nSPS) is 16.8. The zero-order valence-electron chi connectivity index (χ0n) is 19.9. The second-order valence-electron chi connectivity index (χ2n) is 8.57. The van der Waals surface area contributed by atoms with E-state index in [1.807, 2.05) is 73.3 Å². The lowest BCUT2D eigenvalue weighted by Gasteiger charge is -2.43. The van der Waals surface area contributed by atoms with E-state index in [1.54, 1.807) is 29.2 Å². The summed E-state index contributed by atoms with van der Waals surface area (Å²) in [6.07, 6.45) is 0.984. The zero-order valence-corrected chi connectivity index (χ0v) is 19.9. The molecule has 7 heteroatoms. The largest absolute Gasteiger partial charge is 0.484 e. The first-order valence-electron chi connectivity index (χ1n) is 11.7. The molecule has 0 fully saturated rings. The molecular formula is C28H29N3O4. The van der Waals surface area contributed by atoms with Crippen LogP contribution in [0.3, 0.4) is 0 Å². The van der Waals surface area contributed by atoms with Crippen molar-refractivity contribution in [3.05, 3.63) is 90.0 Å². The van der Waals surface area contributed by atoms with Crippen molar-refractivity contribution in [1.29, 1.82) is 0 Å². The molecule has 35 heavy (non-hydrogen) atoms. The number of hydrogen-bond acceptors (Lipinski definition) is 4. The highest BCUT2D eigenvalue weighted by Gasteiger charge is 2.38. The fraction of sp³-hybridized carbons (Fsp3) is 0.250. The molecule has 0 saturated carbocycles. The molecule has 0 bridgehead atoms. The number of ether oxygens (including phenoxy) is 1. The Labute approximate surface area is 205 Å². The van der Waals surface area contributed by atoms with Gasteiger partial charge in [0.15, 0.2) is 6.61 Å². The first-order chi connectivity index (χ1) is 16.9. The second-order valence-corrected chi connectivity index (χ2v) is 8.57. The Morgan fingerprint density at radius 1 is 0.971 bits per heavy atom. The maximum atomic E-state index is 13.6. The van der Waals surface area contributed by atoms with Gasteiger partial charge in [-0.15, -0.1) is 0 Å². The summed E-state index contributed by atoms with van der Waals surface area (Å²) in [5.41, 5.74) is 8.20. The van der Waals surface area contributed by atoms with Crippen LogP contribution in [-0.2, 0) is 9.59 Å². The van der Waals surface area contributed by atoms with Crippen LogP contribution in [0, 0.1) is 0 Å². The van der Waals surface area contributed by atoms with Crippen molar-refractivity contribution < 1.29 is 19.1 Å². The van der Waals surface area contributed by atoms with Crippen LogP contribution < -0.4 is 20.3 Å². The maximum Gasteiger partial charge on any atom is 0.258 e. The number of rotatable bonds is 7. The monoisotopic (exact) mass is 471 g/mol. The van der Waals surface area contributed by atoms with Gasteiger partial charge in [-0.25, -0.2) is 0 Å². The van der Waals surface area contributed by atoms with Crippen LogP contribution in [0.25, 0.3) is 0 Å². The molecule has 0 aromatic heterocycles. The van der Waals surface area contributed by atoms with Gasteiger partial charge in [-0.3, -0.25) is 14.4 Å². The molecule has 0 spiro atoms. The van der Waals surface area contributed by atoms with Crippen molar-refractivity contribution in [2.45, 2.75) is 38.8 Å². The summed E-state index contributed by atoms with van der Waals surface area (Å²) < 4.78 is 5.30. The summed E-state index contributed by atoms with van der Waals surface area (Å²) in [5, 5.41) is 0. The van der Waals surface area contributed by atoms with Crippen molar-refractivity contribution in [3.8, 4) is 5.75 Å². The van der Waals surface area contributed by atoms with E-state index < -0.39 is 5.91 Å². The number of carbonyl (C=O) groups is 3. The van der Waals surface area contributed by atoms with Crippen LogP contribution in [-0.4, -0.2) is 30.4 Å². The van der Waals surface area contributed by atoms with Gasteiger partial charge in [0.1, 0.15) is 5.75 Å². The van der Waals surface area contributed by atoms with Gasteiger partial charge in [0, 0.05) is 29.4 Å². The van der Waals surface area contributed by atoms with E-state index in [0.717, 1.165) is 16.9 Å². The van der Waals surface area contributed by atoms with Crippen LogP contribution >= 0.6 is 0 Å². The molecule has 7 nitrogen and oxygen atoms in total. The molecule has 3 amide bonds. The summed E-state index contributed by atoms with van der Waals surface area (Å²) in [6.45, 7) is 3.65. The van der Waals surface area contributed by atoms with Crippen LogP contribution in [0.4, 0.5) is 11.4 Å². The molecule has 2 N–H and O–H groups in total. The zero-order chi connectivity index (χ0) is 24.9. The Bertz CT molecular complexity index is 1210. The lowest BCUT2D eigenvalue weighted by Crippen LogP contribution is -2.47. The standard InChI is InChI=1S/C28H29N3O4/c1-3-27(33)31(21-9-5-4-6-10-21)25-17-19(2)30(24-12-8-7-11-23(24)25)28(34)20-13-15-22(16-14-20)35-18-26(29)32/h4-16,19,25H,3,17-18H2,1-2H3,(H2,29,32). The number of benzene rings is 3. The van der Waals surface area contributed by atoms with Crippen molar-refractivity contribution in [2.75, 3.05) is 16.4 Å². The molecule has 2 atom stereocenters. The summed E-state index contributed by atoms with van der Waals surface area (Å²) in [4.78, 5) is 41.3. The number of hydrogen-bond donors (Lipinski definition) is 1. The average molecular weight is 472 g/mol. The molecule has 3 aromatic rings. The first kappa shape index (κ1) is 24.0. The van der Waals surface area contributed by atoms with Crippen LogP contribution in [0.1, 0.15) is 48.7 Å². The van der Waals surface area contributed by atoms with Crippen molar-refractivity contribution in [3.63, 3.8) is 0 Å². The first-order valence-corrected chi connectivity index (χ1v) is 11.7. The van der Waals surface area contributed by atoms with Crippen molar-refractivity contribution in [1.82, 2.24) is 0 Å². The third-order valence-electron chi connectivity index (χ3n) is 6.18. The number of primary amides is 1. The Morgan fingerprint density at radius 3 is 2.29 bits per heavy atom. The number of para-hydroxylation sites is 2. The van der Waals surface area contributed by atoms with E-state index in [9.17, 15) is 14.4 Å². The SMILES string of the molecule is CCC(=O)N(c1ccccc1)C1CC(C)N(C(=O)c2ccc(OCC(N)=O)cc2)c2ccccc21. The molecule has 1 aliphatic heterocycles. The molecule has 0 aliphatic carbocycles. The number of anilines is 2. The van der Waals surface area contributed by atoms with E-state index in [1.165, 1.54) is 0 Å². The van der Waals surface area contributed by atoms with E-state index in [0.29, 0.717) is 24.2 Å². The van der Waals surface area contributed by atoms with Gasteiger partial charge < -0.3 is 20.3 Å².